The predicted octanol–water partition coefficient (Wildman–Crippen LogP) is 2.46. The molecule has 6 heteroatoms. The molecule has 3 rings (SSSR count). The zero-order valence-corrected chi connectivity index (χ0v) is 13.3. The number of halogens is 3. The maximum atomic E-state index is 4.51. The van der Waals surface area contributed by atoms with Gasteiger partial charge in [0.2, 0.25) is 0 Å². The molecule has 1 aromatic heterocycles. The number of nitrogens with one attached hydrogen (secondary N) is 1. The van der Waals surface area contributed by atoms with Crippen molar-refractivity contribution in [3.05, 3.63) is 29.6 Å². The highest BCUT2D eigenvalue weighted by atomic mass is 35.5. The van der Waals surface area contributed by atoms with Gasteiger partial charge in [-0.3, -0.25) is 9.88 Å². The second-order valence-electron chi connectivity index (χ2n) is 4.81. The van der Waals surface area contributed by atoms with E-state index in [-0.39, 0.29) is 37.2 Å². The largest absolute Gasteiger partial charge is 0.317 e. The Morgan fingerprint density at radius 2 is 1.89 bits per heavy atom. The molecule has 0 spiro atoms. The molecule has 0 saturated carbocycles. The average Bonchev–Trinajstić information content (AvgIpc) is 2.39. The van der Waals surface area contributed by atoms with Gasteiger partial charge in [-0.2, -0.15) is 0 Å². The smallest absolute Gasteiger partial charge is 0.0576 e. The minimum Gasteiger partial charge on any atom is -0.317 e. The molecule has 110 valence electrons. The molecule has 1 fully saturated rings. The van der Waals surface area contributed by atoms with Crippen LogP contribution in [0.4, 0.5) is 0 Å². The van der Waals surface area contributed by atoms with E-state index in [1.807, 2.05) is 6.20 Å². The summed E-state index contributed by atoms with van der Waals surface area (Å²) in [4.78, 5) is 7.13. The van der Waals surface area contributed by atoms with Crippen molar-refractivity contribution in [3.63, 3.8) is 0 Å². The van der Waals surface area contributed by atoms with Crippen molar-refractivity contribution >= 4 is 37.2 Å². The summed E-state index contributed by atoms with van der Waals surface area (Å²) in [5, 5.41) is 3.43. The maximum Gasteiger partial charge on any atom is 0.0576 e. The molecular weight excluding hydrogens is 305 g/mol. The Bertz CT molecular complexity index is 370. The van der Waals surface area contributed by atoms with Crippen LogP contribution in [0, 0.1) is 0 Å². The molecule has 0 unspecified atom stereocenters. The molecule has 19 heavy (non-hydrogen) atoms. The fourth-order valence-electron chi connectivity index (χ4n) is 2.86. The third kappa shape index (κ3) is 4.47. The van der Waals surface area contributed by atoms with Crippen molar-refractivity contribution in [3.8, 4) is 0 Å². The molecule has 0 atom stereocenters. The Labute approximate surface area is 133 Å². The fraction of sp³-hybridized carbons (Fsp3) is 0.615. The Hall–Kier alpha value is -0.0600. The van der Waals surface area contributed by atoms with Crippen molar-refractivity contribution in [2.45, 2.75) is 31.8 Å². The van der Waals surface area contributed by atoms with Gasteiger partial charge < -0.3 is 5.32 Å². The number of aromatic nitrogens is 1. The zero-order chi connectivity index (χ0) is 10.8. The van der Waals surface area contributed by atoms with E-state index in [4.69, 9.17) is 0 Å². The third-order valence-electron chi connectivity index (χ3n) is 3.83. The van der Waals surface area contributed by atoms with E-state index in [9.17, 15) is 0 Å². The summed E-state index contributed by atoms with van der Waals surface area (Å²) < 4.78 is 0. The number of fused-ring (bicyclic) bond motifs is 1. The van der Waals surface area contributed by atoms with Gasteiger partial charge in [-0.05, 0) is 44.0 Å². The molecule has 0 radical (unpaired) electrons. The van der Waals surface area contributed by atoms with E-state index >= 15 is 0 Å². The van der Waals surface area contributed by atoms with Gasteiger partial charge in [0.1, 0.15) is 0 Å². The van der Waals surface area contributed by atoms with E-state index in [0.717, 1.165) is 12.6 Å². The molecule has 1 N–H and O–H groups in total. The van der Waals surface area contributed by atoms with Crippen molar-refractivity contribution < 1.29 is 0 Å². The number of hydrogen-bond acceptors (Lipinski definition) is 3. The maximum absolute atomic E-state index is 4.51. The van der Waals surface area contributed by atoms with Crippen molar-refractivity contribution in [2.75, 3.05) is 19.6 Å². The van der Waals surface area contributed by atoms with Gasteiger partial charge in [0, 0.05) is 25.3 Å². The number of nitrogens with zero attached hydrogens (tertiary/aromatic N) is 2. The van der Waals surface area contributed by atoms with Crippen molar-refractivity contribution in [1.29, 1.82) is 0 Å². The molecule has 3 heterocycles. The van der Waals surface area contributed by atoms with Crippen LogP contribution in [0.15, 0.2) is 18.3 Å². The molecule has 0 amide bonds. The second-order valence-corrected chi connectivity index (χ2v) is 4.81. The van der Waals surface area contributed by atoms with Gasteiger partial charge in [-0.1, -0.05) is 6.07 Å². The number of piperidine rings is 1. The van der Waals surface area contributed by atoms with Crippen LogP contribution < -0.4 is 5.32 Å². The van der Waals surface area contributed by atoms with Gasteiger partial charge >= 0.3 is 0 Å². The lowest BCUT2D eigenvalue weighted by atomic mass is 9.99. The van der Waals surface area contributed by atoms with Crippen LogP contribution >= 0.6 is 37.2 Å². The lowest BCUT2D eigenvalue weighted by Crippen LogP contribution is -2.45. The average molecular weight is 327 g/mol. The molecule has 0 aliphatic carbocycles. The Morgan fingerprint density at radius 3 is 2.63 bits per heavy atom. The highest BCUT2D eigenvalue weighted by Crippen LogP contribution is 2.21. The first kappa shape index (κ1) is 18.9. The zero-order valence-electron chi connectivity index (χ0n) is 10.9. The topological polar surface area (TPSA) is 28.2 Å². The highest BCUT2D eigenvalue weighted by molar-refractivity contribution is 5.86. The molecular formula is C13H22Cl3N3. The van der Waals surface area contributed by atoms with Gasteiger partial charge in [-0.15, -0.1) is 37.2 Å². The minimum atomic E-state index is 0. The minimum absolute atomic E-state index is 0. The standard InChI is InChI=1S/C13H19N3.3ClH/c1-2-11-5-9-16(10-13(11)15-6-1)12-3-7-14-8-4-12;;;/h1-2,6,12,14H,3-5,7-10H2;3*1H. The molecule has 2 aliphatic rings. The van der Waals surface area contributed by atoms with Gasteiger partial charge in [0.25, 0.3) is 0 Å². The summed E-state index contributed by atoms with van der Waals surface area (Å²) in [6.45, 7) is 4.62. The third-order valence-corrected chi connectivity index (χ3v) is 3.83. The monoisotopic (exact) mass is 325 g/mol. The van der Waals surface area contributed by atoms with Gasteiger partial charge in [0.05, 0.1) is 5.69 Å². The van der Waals surface area contributed by atoms with Crippen LogP contribution in [0.3, 0.4) is 0 Å². The van der Waals surface area contributed by atoms with Crippen molar-refractivity contribution in [1.82, 2.24) is 15.2 Å². The molecule has 2 aliphatic heterocycles. The number of hydrogen-bond donors (Lipinski definition) is 1. The van der Waals surface area contributed by atoms with Gasteiger partial charge in [0.15, 0.2) is 0 Å². The molecule has 0 bridgehead atoms. The first-order chi connectivity index (χ1) is 7.93. The van der Waals surface area contributed by atoms with E-state index in [1.54, 1.807) is 0 Å². The van der Waals surface area contributed by atoms with Crippen LogP contribution in [-0.2, 0) is 13.0 Å². The molecule has 1 aromatic rings. The van der Waals surface area contributed by atoms with Crippen LogP contribution in [0.5, 0.6) is 0 Å². The summed E-state index contributed by atoms with van der Waals surface area (Å²) in [7, 11) is 0. The Balaban J connectivity index is 0.00000108. The molecule has 3 nitrogen and oxygen atoms in total. The summed E-state index contributed by atoms with van der Waals surface area (Å²) >= 11 is 0. The quantitative estimate of drug-likeness (QED) is 0.859. The summed E-state index contributed by atoms with van der Waals surface area (Å²) in [6.07, 6.45) is 5.68. The van der Waals surface area contributed by atoms with E-state index < -0.39 is 0 Å². The van der Waals surface area contributed by atoms with Crippen LogP contribution in [0.25, 0.3) is 0 Å². The highest BCUT2D eigenvalue weighted by Gasteiger charge is 2.24. The Morgan fingerprint density at radius 1 is 1.16 bits per heavy atom. The van der Waals surface area contributed by atoms with Crippen LogP contribution in [-0.4, -0.2) is 35.6 Å². The number of rotatable bonds is 1. The van der Waals surface area contributed by atoms with Crippen LogP contribution in [0.2, 0.25) is 0 Å². The normalized spacial score (nSPS) is 19.4. The number of pyridine rings is 1. The second kappa shape index (κ2) is 8.98. The van der Waals surface area contributed by atoms with Gasteiger partial charge in [-0.25, -0.2) is 0 Å². The molecule has 0 aromatic carbocycles. The summed E-state index contributed by atoms with van der Waals surface area (Å²) in [5.41, 5.74) is 2.75. The van der Waals surface area contributed by atoms with E-state index in [2.05, 4.69) is 27.3 Å². The predicted molar refractivity (Wildman–Crippen MR) is 86.0 cm³/mol. The Kier molecular flexibility index (Phi) is 8.95. The van der Waals surface area contributed by atoms with E-state index in [0.29, 0.717) is 0 Å². The van der Waals surface area contributed by atoms with Crippen molar-refractivity contribution in [2.24, 2.45) is 0 Å². The first-order valence-electron chi connectivity index (χ1n) is 6.31. The fourth-order valence-corrected chi connectivity index (χ4v) is 2.86. The SMILES string of the molecule is Cl.Cl.Cl.c1cnc2c(c1)CCN(C1CCNCC1)C2. The summed E-state index contributed by atoms with van der Waals surface area (Å²) in [5.74, 6) is 0. The first-order valence-corrected chi connectivity index (χ1v) is 6.31. The van der Waals surface area contributed by atoms with Crippen LogP contribution in [0.1, 0.15) is 24.1 Å². The summed E-state index contributed by atoms with van der Waals surface area (Å²) in [6, 6.07) is 5.05. The van der Waals surface area contributed by atoms with E-state index in [1.165, 1.54) is 50.2 Å². The lowest BCUT2D eigenvalue weighted by molar-refractivity contribution is 0.145. The lowest BCUT2D eigenvalue weighted by Gasteiger charge is -2.37. The molecule has 1 saturated heterocycles.